The van der Waals surface area contributed by atoms with Crippen LogP contribution in [0.1, 0.15) is 55.2 Å². The van der Waals surface area contributed by atoms with Crippen LogP contribution in [-0.4, -0.2) is 35.7 Å². The Hall–Kier alpha value is -3.29. The Kier molecular flexibility index (Phi) is 7.72. The van der Waals surface area contributed by atoms with Crippen molar-refractivity contribution in [1.82, 2.24) is 5.32 Å². The van der Waals surface area contributed by atoms with Crippen LogP contribution in [0.5, 0.6) is 0 Å². The van der Waals surface area contributed by atoms with Gasteiger partial charge >= 0.3 is 12.1 Å². The maximum absolute atomic E-state index is 16.6. The van der Waals surface area contributed by atoms with Gasteiger partial charge in [-0.3, -0.25) is 4.79 Å². The van der Waals surface area contributed by atoms with Gasteiger partial charge in [0, 0.05) is 5.56 Å². The number of halogens is 2. The lowest BCUT2D eigenvalue weighted by Crippen LogP contribution is -2.55. The number of nitrogens with one attached hydrogen (secondary N) is 1. The van der Waals surface area contributed by atoms with E-state index >= 15 is 4.39 Å². The molecular weight excluding hydrogens is 420 g/mol. The third-order valence-electron chi connectivity index (χ3n) is 4.48. The first-order valence-corrected chi connectivity index (χ1v) is 10.1. The lowest BCUT2D eigenvalue weighted by molar-refractivity contribution is -0.155. The van der Waals surface area contributed by atoms with Crippen molar-refractivity contribution in [1.29, 1.82) is 0 Å². The van der Waals surface area contributed by atoms with Crippen molar-refractivity contribution in [2.45, 2.75) is 51.9 Å². The van der Waals surface area contributed by atoms with E-state index in [-0.39, 0.29) is 17.7 Å². The summed E-state index contributed by atoms with van der Waals surface area (Å²) in [6, 6.07) is 8.57. The molecule has 0 aliphatic rings. The second kappa shape index (κ2) is 9.89. The van der Waals surface area contributed by atoms with Crippen LogP contribution in [0.15, 0.2) is 48.5 Å². The zero-order valence-corrected chi connectivity index (χ0v) is 18.7. The van der Waals surface area contributed by atoms with E-state index in [9.17, 15) is 18.8 Å². The fraction of sp³-hybridized carbons (Fsp3) is 0.375. The lowest BCUT2D eigenvalue weighted by atomic mass is 9.83. The van der Waals surface area contributed by atoms with Gasteiger partial charge in [-0.25, -0.2) is 18.4 Å². The van der Waals surface area contributed by atoms with Crippen molar-refractivity contribution in [3.63, 3.8) is 0 Å². The fourth-order valence-electron chi connectivity index (χ4n) is 2.99. The van der Waals surface area contributed by atoms with E-state index in [4.69, 9.17) is 9.47 Å². The number of carbonyl (C=O) groups is 3. The molecule has 0 fully saturated rings. The van der Waals surface area contributed by atoms with Gasteiger partial charge in [0.05, 0.1) is 6.61 Å². The fourth-order valence-corrected chi connectivity index (χ4v) is 2.99. The molecule has 2 atom stereocenters. The topological polar surface area (TPSA) is 81.7 Å². The number of hydrogen-bond donors (Lipinski definition) is 1. The molecule has 172 valence electrons. The molecule has 8 heteroatoms. The van der Waals surface area contributed by atoms with E-state index in [1.807, 2.05) is 0 Å². The third kappa shape index (κ3) is 5.90. The normalized spacial score (nSPS) is 14.1. The van der Waals surface area contributed by atoms with Crippen molar-refractivity contribution in [3.05, 3.63) is 71.0 Å². The van der Waals surface area contributed by atoms with Gasteiger partial charge in [-0.15, -0.1) is 0 Å². The molecule has 0 aromatic heterocycles. The standard InChI is InChI=1S/C24H27F2NO5/c1-6-31-21(29)24(26,20(28)17-11-13-18(25)14-12-17)19(16-9-7-15(2)8-10-16)27-22(30)32-23(3,4)5/h7-14,19H,6H2,1-5H3,(H,27,30)/t19-,24-/m0/s1. The Morgan fingerprint density at radius 2 is 1.56 bits per heavy atom. The minimum atomic E-state index is -3.35. The molecule has 0 bridgehead atoms. The second-order valence-electron chi connectivity index (χ2n) is 8.26. The number of benzene rings is 2. The number of hydrogen-bond acceptors (Lipinski definition) is 5. The summed E-state index contributed by atoms with van der Waals surface area (Å²) in [6.45, 7) is 7.91. The maximum atomic E-state index is 16.6. The molecule has 2 aromatic rings. The molecule has 0 saturated carbocycles. The zero-order valence-electron chi connectivity index (χ0n) is 18.7. The van der Waals surface area contributed by atoms with Gasteiger partial charge in [0.2, 0.25) is 5.78 Å². The predicted molar refractivity (Wildman–Crippen MR) is 114 cm³/mol. The summed E-state index contributed by atoms with van der Waals surface area (Å²) in [4.78, 5) is 38.6. The number of esters is 1. The lowest BCUT2D eigenvalue weighted by Gasteiger charge is -2.32. The molecule has 0 heterocycles. The van der Waals surface area contributed by atoms with Gasteiger partial charge in [-0.1, -0.05) is 29.8 Å². The van der Waals surface area contributed by atoms with Crippen LogP contribution < -0.4 is 5.32 Å². The summed E-state index contributed by atoms with van der Waals surface area (Å²) in [5.74, 6) is -3.39. The molecule has 0 saturated heterocycles. The quantitative estimate of drug-likeness (QED) is 0.373. The number of Topliss-reactive ketones (excluding diaryl/α,β-unsaturated/α-hetero) is 1. The van der Waals surface area contributed by atoms with E-state index < -0.39 is 41.0 Å². The molecule has 1 amide bonds. The summed E-state index contributed by atoms with van der Waals surface area (Å²) in [5, 5.41) is 2.32. The molecule has 1 N–H and O–H groups in total. The molecule has 0 aliphatic heterocycles. The summed E-state index contributed by atoms with van der Waals surface area (Å²) in [5.41, 5.74) is -3.53. The molecule has 0 radical (unpaired) electrons. The van der Waals surface area contributed by atoms with Gasteiger partial charge in [0.15, 0.2) is 0 Å². The van der Waals surface area contributed by atoms with E-state index in [0.717, 1.165) is 29.8 Å². The summed E-state index contributed by atoms with van der Waals surface area (Å²) >= 11 is 0. The van der Waals surface area contributed by atoms with Crippen molar-refractivity contribution < 1.29 is 32.6 Å². The highest BCUT2D eigenvalue weighted by Gasteiger charge is 2.56. The maximum Gasteiger partial charge on any atom is 0.408 e. The van der Waals surface area contributed by atoms with E-state index in [1.165, 1.54) is 19.1 Å². The highest BCUT2D eigenvalue weighted by molar-refractivity contribution is 6.16. The highest BCUT2D eigenvalue weighted by Crippen LogP contribution is 2.35. The van der Waals surface area contributed by atoms with E-state index in [1.54, 1.807) is 39.8 Å². The van der Waals surface area contributed by atoms with Gasteiger partial charge in [-0.2, -0.15) is 0 Å². The van der Waals surface area contributed by atoms with Gasteiger partial charge in [0.1, 0.15) is 17.5 Å². The Labute approximate surface area is 185 Å². The molecule has 2 aromatic carbocycles. The Morgan fingerprint density at radius 1 is 1.00 bits per heavy atom. The molecule has 0 spiro atoms. The number of rotatable bonds is 7. The van der Waals surface area contributed by atoms with Crippen LogP contribution in [0.4, 0.5) is 13.6 Å². The number of alkyl carbamates (subject to hydrolysis) is 1. The first-order valence-electron chi connectivity index (χ1n) is 10.1. The SMILES string of the molecule is CCOC(=O)[C@@](F)(C(=O)c1ccc(F)cc1)[C@@H](NC(=O)OC(C)(C)C)c1ccc(C)cc1. The Balaban J connectivity index is 2.63. The molecular formula is C24H27F2NO5. The summed E-state index contributed by atoms with van der Waals surface area (Å²) < 4.78 is 40.1. The molecule has 0 unspecified atom stereocenters. The Morgan fingerprint density at radius 3 is 2.06 bits per heavy atom. The first kappa shape index (κ1) is 25.0. The third-order valence-corrected chi connectivity index (χ3v) is 4.48. The van der Waals surface area contributed by atoms with Gasteiger partial charge < -0.3 is 14.8 Å². The van der Waals surface area contributed by atoms with Crippen LogP contribution in [-0.2, 0) is 14.3 Å². The smallest absolute Gasteiger partial charge is 0.408 e. The monoisotopic (exact) mass is 447 g/mol. The largest absolute Gasteiger partial charge is 0.463 e. The minimum absolute atomic E-state index is 0.146. The number of ketones is 1. The van der Waals surface area contributed by atoms with Crippen LogP contribution in [0.3, 0.4) is 0 Å². The van der Waals surface area contributed by atoms with Crippen LogP contribution >= 0.6 is 0 Å². The number of aryl methyl sites for hydroxylation is 1. The average molecular weight is 447 g/mol. The number of ether oxygens (including phenoxy) is 2. The van der Waals surface area contributed by atoms with Gasteiger partial charge in [0.25, 0.3) is 5.67 Å². The predicted octanol–water partition coefficient (Wildman–Crippen LogP) is 4.85. The molecule has 0 aliphatic carbocycles. The van der Waals surface area contributed by atoms with Crippen LogP contribution in [0.25, 0.3) is 0 Å². The number of carbonyl (C=O) groups excluding carboxylic acids is 3. The minimum Gasteiger partial charge on any atom is -0.463 e. The summed E-state index contributed by atoms with van der Waals surface area (Å²) in [7, 11) is 0. The zero-order chi connectivity index (χ0) is 24.1. The second-order valence-corrected chi connectivity index (χ2v) is 8.26. The number of amides is 1. The average Bonchev–Trinajstić information content (AvgIpc) is 2.71. The van der Waals surface area contributed by atoms with Gasteiger partial charge in [-0.05, 0) is 64.4 Å². The van der Waals surface area contributed by atoms with Crippen molar-refractivity contribution in [2.75, 3.05) is 6.61 Å². The van der Waals surface area contributed by atoms with E-state index in [0.29, 0.717) is 0 Å². The molecule has 32 heavy (non-hydrogen) atoms. The summed E-state index contributed by atoms with van der Waals surface area (Å²) in [6.07, 6.45) is -1.03. The first-order chi connectivity index (χ1) is 14.9. The Bertz CT molecular complexity index is 967. The number of alkyl halides is 1. The molecule has 6 nitrogen and oxygen atoms in total. The van der Waals surface area contributed by atoms with E-state index in [2.05, 4.69) is 5.32 Å². The van der Waals surface area contributed by atoms with Crippen LogP contribution in [0.2, 0.25) is 0 Å². The van der Waals surface area contributed by atoms with Crippen molar-refractivity contribution in [2.24, 2.45) is 0 Å². The van der Waals surface area contributed by atoms with Crippen LogP contribution in [0, 0.1) is 12.7 Å². The van der Waals surface area contributed by atoms with Crippen molar-refractivity contribution >= 4 is 17.8 Å². The molecule has 2 rings (SSSR count). The van der Waals surface area contributed by atoms with Crippen molar-refractivity contribution in [3.8, 4) is 0 Å². The highest BCUT2D eigenvalue weighted by atomic mass is 19.1.